The first-order valence-electron chi connectivity index (χ1n) is 11.3. The normalized spacial score (nSPS) is 12.9. The number of ether oxygens (including phenoxy) is 2. The van der Waals surface area contributed by atoms with Crippen LogP contribution in [0, 0.1) is 0 Å². The molecule has 172 valence electrons. The van der Waals surface area contributed by atoms with Crippen LogP contribution in [0.15, 0.2) is 12.2 Å². The summed E-state index contributed by atoms with van der Waals surface area (Å²) in [6, 6.07) is 0. The van der Waals surface area contributed by atoms with Crippen molar-refractivity contribution in [2.75, 3.05) is 13.7 Å². The molecule has 0 bridgehead atoms. The number of hydrogen-bond donors (Lipinski definition) is 2. The molecule has 0 radical (unpaired) electrons. The summed E-state index contributed by atoms with van der Waals surface area (Å²) in [5, 5.41) is 18.9. The van der Waals surface area contributed by atoms with E-state index in [-0.39, 0.29) is 37.6 Å². The van der Waals surface area contributed by atoms with Crippen molar-refractivity contribution in [3.63, 3.8) is 0 Å². The Morgan fingerprint density at radius 1 is 0.767 bits per heavy atom. The van der Waals surface area contributed by atoms with Gasteiger partial charge in [0.1, 0.15) is 0 Å². The van der Waals surface area contributed by atoms with Crippen LogP contribution in [-0.2, 0) is 19.1 Å². The monoisotopic (exact) mass is 438 g/mol. The van der Waals surface area contributed by atoms with Crippen molar-refractivity contribution in [1.29, 1.82) is 0 Å². The van der Waals surface area contributed by atoms with Gasteiger partial charge in [-0.2, -0.15) is 0 Å². The molecule has 0 aliphatic rings. The quantitative estimate of drug-likeness (QED) is 0.138. The number of rotatable bonds is 19. The number of carbonyl (C=O) groups is 2. The van der Waals surface area contributed by atoms with E-state index in [2.05, 4.69) is 23.8 Å². The largest absolute Gasteiger partial charge is 1.00 e. The molecule has 0 aliphatic heterocycles. The Bertz CT molecular complexity index is 448. The minimum Gasteiger partial charge on any atom is -1.00 e. The molecule has 0 amide bonds. The van der Waals surface area contributed by atoms with Gasteiger partial charge in [-0.25, -0.2) is 9.59 Å². The molecule has 2 unspecified atom stereocenters. The molecule has 7 heteroatoms. The number of esters is 2. The molecule has 6 nitrogen and oxygen atoms in total. The van der Waals surface area contributed by atoms with Crippen molar-refractivity contribution in [3.8, 4) is 0 Å². The Labute approximate surface area is 206 Å². The van der Waals surface area contributed by atoms with Crippen LogP contribution < -0.4 is 29.6 Å². The van der Waals surface area contributed by atoms with Gasteiger partial charge in [0.15, 0.2) is 12.2 Å². The van der Waals surface area contributed by atoms with Crippen LogP contribution in [0.25, 0.3) is 0 Å². The molecular formula is C23H43NaO6. The fraction of sp³-hybridized carbons (Fsp3) is 0.826. The average Bonchev–Trinajstić information content (AvgIpc) is 2.73. The Balaban J connectivity index is -0.00000392. The van der Waals surface area contributed by atoms with Gasteiger partial charge in [-0.1, -0.05) is 76.9 Å². The summed E-state index contributed by atoms with van der Waals surface area (Å²) in [7, 11) is 1.07. The fourth-order valence-corrected chi connectivity index (χ4v) is 2.99. The maximum Gasteiger partial charge on any atom is 1.00 e. The second-order valence-electron chi connectivity index (χ2n) is 7.52. The Kier molecular flexibility index (Phi) is 24.7. The molecule has 30 heavy (non-hydrogen) atoms. The molecule has 2 atom stereocenters. The van der Waals surface area contributed by atoms with Gasteiger partial charge in [-0.15, -0.1) is 0 Å². The smallest absolute Gasteiger partial charge is 1.00 e. The molecule has 0 aromatic carbocycles. The Hall–Kier alpha value is -0.400. The second kappa shape index (κ2) is 23.3. The summed E-state index contributed by atoms with van der Waals surface area (Å²) >= 11 is 0. The predicted molar refractivity (Wildman–Crippen MR) is 116 cm³/mol. The van der Waals surface area contributed by atoms with Crippen molar-refractivity contribution in [3.05, 3.63) is 12.2 Å². The van der Waals surface area contributed by atoms with E-state index in [1.165, 1.54) is 57.8 Å². The number of aliphatic hydroxyl groups excluding tert-OH is 2. The number of methoxy groups -OCH3 is 1. The Morgan fingerprint density at radius 3 is 1.70 bits per heavy atom. The first kappa shape index (κ1) is 31.8. The van der Waals surface area contributed by atoms with Gasteiger partial charge in [-0.3, -0.25) is 0 Å². The molecule has 0 fully saturated rings. The summed E-state index contributed by atoms with van der Waals surface area (Å²) in [5.41, 5.74) is 0. The third-order valence-corrected chi connectivity index (χ3v) is 4.88. The summed E-state index contributed by atoms with van der Waals surface area (Å²) in [6.45, 7) is 2.42. The van der Waals surface area contributed by atoms with Gasteiger partial charge in [0, 0.05) is 0 Å². The third kappa shape index (κ3) is 18.4. The zero-order valence-corrected chi connectivity index (χ0v) is 21.4. The van der Waals surface area contributed by atoms with E-state index in [0.29, 0.717) is 6.42 Å². The number of unbranched alkanes of at least 4 members (excludes halogenated alkanes) is 12. The topological polar surface area (TPSA) is 93.1 Å². The van der Waals surface area contributed by atoms with Crippen molar-refractivity contribution in [2.45, 2.75) is 109 Å². The van der Waals surface area contributed by atoms with Crippen LogP contribution >= 0.6 is 0 Å². The molecule has 0 aromatic heterocycles. The van der Waals surface area contributed by atoms with E-state index in [1.54, 1.807) is 0 Å². The maximum absolute atomic E-state index is 11.5. The van der Waals surface area contributed by atoms with Crippen molar-refractivity contribution in [2.24, 2.45) is 0 Å². The minimum atomic E-state index is -1.91. The van der Waals surface area contributed by atoms with E-state index in [9.17, 15) is 19.8 Å². The van der Waals surface area contributed by atoms with Crippen LogP contribution in [0.1, 0.15) is 98.2 Å². The number of allylic oxidation sites excluding steroid dienone is 2. The number of hydrogen-bond acceptors (Lipinski definition) is 6. The van der Waals surface area contributed by atoms with E-state index in [4.69, 9.17) is 4.74 Å². The molecular weight excluding hydrogens is 395 g/mol. The summed E-state index contributed by atoms with van der Waals surface area (Å²) in [4.78, 5) is 22.6. The summed E-state index contributed by atoms with van der Waals surface area (Å²) < 4.78 is 9.13. The van der Waals surface area contributed by atoms with E-state index >= 15 is 0 Å². The molecule has 0 heterocycles. The second-order valence-corrected chi connectivity index (χ2v) is 7.52. The van der Waals surface area contributed by atoms with Gasteiger partial charge < -0.3 is 21.1 Å². The summed E-state index contributed by atoms with van der Waals surface area (Å²) in [6.07, 6.45) is 17.5. The van der Waals surface area contributed by atoms with Crippen LogP contribution in [-0.4, -0.2) is 48.1 Å². The zero-order chi connectivity index (χ0) is 21.7. The van der Waals surface area contributed by atoms with E-state index in [1.807, 2.05) is 0 Å². The molecule has 0 aromatic rings. The molecule has 0 saturated carbocycles. The van der Waals surface area contributed by atoms with Crippen molar-refractivity contribution < 1.29 is 60.3 Å². The predicted octanol–water partition coefficient (Wildman–Crippen LogP) is 1.58. The standard InChI is InChI=1S/C23H42O6.Na.H/c1-3-4-5-6-7-8-9-10-11-12-13-14-15-16-17-18-19-29-23(27)21(25)20(24)22(26)28-2;;/h10-11,20-21,24-25H,3-9,12-19H2,1-2H3;;/q;+1;-1/b11-10-;;. The van der Waals surface area contributed by atoms with Crippen LogP contribution in [0.3, 0.4) is 0 Å². The molecule has 0 aliphatic carbocycles. The van der Waals surface area contributed by atoms with Crippen LogP contribution in [0.4, 0.5) is 0 Å². The minimum absolute atomic E-state index is 0. The SMILES string of the molecule is CCCCCCCC/C=C\CCCCCCCCOC(=O)C(O)C(O)C(=O)OC.[H-].[Na+]. The summed E-state index contributed by atoms with van der Waals surface area (Å²) in [5.74, 6) is -2.07. The molecule has 0 saturated heterocycles. The Morgan fingerprint density at radius 2 is 1.20 bits per heavy atom. The molecule has 0 rings (SSSR count). The maximum atomic E-state index is 11.5. The van der Waals surface area contributed by atoms with Gasteiger partial charge >= 0.3 is 41.5 Å². The van der Waals surface area contributed by atoms with E-state index in [0.717, 1.165) is 32.8 Å². The van der Waals surface area contributed by atoms with Crippen molar-refractivity contribution >= 4 is 11.9 Å². The first-order valence-corrected chi connectivity index (χ1v) is 11.3. The van der Waals surface area contributed by atoms with Gasteiger partial charge in [-0.05, 0) is 32.1 Å². The van der Waals surface area contributed by atoms with Gasteiger partial charge in [0.05, 0.1) is 13.7 Å². The third-order valence-electron chi connectivity index (χ3n) is 4.88. The average molecular weight is 439 g/mol. The van der Waals surface area contributed by atoms with Crippen LogP contribution in [0.2, 0.25) is 0 Å². The van der Waals surface area contributed by atoms with Crippen molar-refractivity contribution in [1.82, 2.24) is 0 Å². The zero-order valence-electron chi connectivity index (χ0n) is 20.4. The number of carbonyl (C=O) groups excluding carboxylic acids is 2. The van der Waals surface area contributed by atoms with Crippen LogP contribution in [0.5, 0.6) is 0 Å². The van der Waals surface area contributed by atoms with E-state index < -0.39 is 24.1 Å². The first-order chi connectivity index (χ1) is 14.0. The fourth-order valence-electron chi connectivity index (χ4n) is 2.99. The number of aliphatic hydroxyl groups is 2. The van der Waals surface area contributed by atoms with Gasteiger partial charge in [0.2, 0.25) is 0 Å². The molecule has 0 spiro atoms. The molecule has 2 N–H and O–H groups in total. The van der Waals surface area contributed by atoms with Gasteiger partial charge in [0.25, 0.3) is 0 Å².